The van der Waals surface area contributed by atoms with E-state index in [1.54, 1.807) is 24.3 Å². The molecule has 2 aromatic rings. The molecular formula is C14H15O4P. The fraction of sp³-hybridized carbons (Fsp3) is 0.143. The van der Waals surface area contributed by atoms with Crippen LogP contribution in [0.5, 0.6) is 11.5 Å². The van der Waals surface area contributed by atoms with E-state index in [1.807, 2.05) is 30.3 Å². The van der Waals surface area contributed by atoms with Gasteiger partial charge in [-0.2, -0.15) is 0 Å². The molecular weight excluding hydrogens is 263 g/mol. The minimum absolute atomic E-state index is 0.406. The van der Waals surface area contributed by atoms with Crippen LogP contribution in [-0.4, -0.2) is 14.2 Å². The number of rotatable bonds is 5. The van der Waals surface area contributed by atoms with Crippen LogP contribution in [0.3, 0.4) is 0 Å². The molecule has 2 rings (SSSR count). The first-order valence-electron chi connectivity index (χ1n) is 5.73. The second-order valence-electron chi connectivity index (χ2n) is 3.75. The Kier molecular flexibility index (Phi) is 4.38. The molecule has 0 radical (unpaired) electrons. The molecule has 0 unspecified atom stereocenters. The molecule has 19 heavy (non-hydrogen) atoms. The molecule has 0 aliphatic rings. The Morgan fingerprint density at radius 3 is 2.05 bits per heavy atom. The molecule has 0 bridgehead atoms. The second kappa shape index (κ2) is 6.02. The first kappa shape index (κ1) is 13.8. The summed E-state index contributed by atoms with van der Waals surface area (Å²) in [6.07, 6.45) is 0. The van der Waals surface area contributed by atoms with Gasteiger partial charge in [-0.05, 0) is 24.3 Å². The molecule has 0 aliphatic carbocycles. The number of para-hydroxylation sites is 2. The minimum Gasteiger partial charge on any atom is -0.456 e. The molecule has 5 heteroatoms. The smallest absolute Gasteiger partial charge is 0.364 e. The number of hydrogen-bond acceptors (Lipinski definition) is 4. The van der Waals surface area contributed by atoms with Gasteiger partial charge < -0.3 is 13.8 Å². The van der Waals surface area contributed by atoms with Gasteiger partial charge in [-0.3, -0.25) is 4.57 Å². The summed E-state index contributed by atoms with van der Waals surface area (Å²) in [5.41, 5.74) is 0. The minimum atomic E-state index is -3.33. The third kappa shape index (κ3) is 3.04. The first-order valence-corrected chi connectivity index (χ1v) is 7.28. The highest BCUT2D eigenvalue weighted by molar-refractivity contribution is 7.62. The topological polar surface area (TPSA) is 44.8 Å². The molecule has 0 saturated heterocycles. The normalized spacial score (nSPS) is 11.3. The molecule has 2 aromatic carbocycles. The van der Waals surface area contributed by atoms with E-state index in [0.29, 0.717) is 16.8 Å². The van der Waals surface area contributed by atoms with Gasteiger partial charge in [-0.1, -0.05) is 30.3 Å². The zero-order chi connectivity index (χ0) is 13.7. The van der Waals surface area contributed by atoms with Gasteiger partial charge in [-0.25, -0.2) is 0 Å². The lowest BCUT2D eigenvalue weighted by Crippen LogP contribution is -2.10. The van der Waals surface area contributed by atoms with Crippen LogP contribution < -0.4 is 10.0 Å². The summed E-state index contributed by atoms with van der Waals surface area (Å²) in [5.74, 6) is 1.12. The van der Waals surface area contributed by atoms with Crippen LogP contribution in [0.15, 0.2) is 54.6 Å². The van der Waals surface area contributed by atoms with E-state index in [1.165, 1.54) is 14.2 Å². The van der Waals surface area contributed by atoms with Crippen molar-refractivity contribution in [2.24, 2.45) is 0 Å². The SMILES string of the molecule is COP(=O)(OC)c1ccccc1Oc1ccccc1. The van der Waals surface area contributed by atoms with E-state index in [0.717, 1.165) is 0 Å². The van der Waals surface area contributed by atoms with Gasteiger partial charge in [0.05, 0.1) is 0 Å². The summed E-state index contributed by atoms with van der Waals surface area (Å²) < 4.78 is 28.2. The van der Waals surface area contributed by atoms with Crippen LogP contribution in [-0.2, 0) is 13.6 Å². The Bertz CT molecular complexity index is 575. The molecule has 0 spiro atoms. The van der Waals surface area contributed by atoms with Gasteiger partial charge in [0, 0.05) is 14.2 Å². The van der Waals surface area contributed by atoms with Crippen molar-refractivity contribution in [3.63, 3.8) is 0 Å². The molecule has 100 valence electrons. The van der Waals surface area contributed by atoms with Crippen LogP contribution in [0.25, 0.3) is 0 Å². The standard InChI is InChI=1S/C14H15O4P/c1-16-19(15,17-2)14-11-7-6-10-13(14)18-12-8-4-3-5-9-12/h3-11H,1-2H3. The Morgan fingerprint density at radius 1 is 0.842 bits per heavy atom. The summed E-state index contributed by atoms with van der Waals surface area (Å²) in [4.78, 5) is 0. The molecule has 0 aromatic heterocycles. The molecule has 0 heterocycles. The van der Waals surface area contributed by atoms with Crippen LogP contribution in [0.1, 0.15) is 0 Å². The van der Waals surface area contributed by atoms with Crippen molar-refractivity contribution in [2.75, 3.05) is 14.2 Å². The van der Waals surface area contributed by atoms with Gasteiger partial charge >= 0.3 is 7.60 Å². The predicted octanol–water partition coefficient (Wildman–Crippen LogP) is 3.59. The summed E-state index contributed by atoms with van der Waals surface area (Å²) in [5, 5.41) is 0.406. The summed E-state index contributed by atoms with van der Waals surface area (Å²) in [7, 11) is -0.632. The van der Waals surface area contributed by atoms with E-state index in [4.69, 9.17) is 13.8 Å². The predicted molar refractivity (Wildman–Crippen MR) is 74.2 cm³/mol. The molecule has 0 amide bonds. The lowest BCUT2D eigenvalue weighted by molar-refractivity contribution is 0.286. The maximum atomic E-state index is 12.4. The van der Waals surface area contributed by atoms with Gasteiger partial charge in [0.1, 0.15) is 16.8 Å². The Hall–Kier alpha value is -1.61. The van der Waals surface area contributed by atoms with Crippen LogP contribution in [0.4, 0.5) is 0 Å². The lowest BCUT2D eigenvalue weighted by Gasteiger charge is -2.17. The van der Waals surface area contributed by atoms with Crippen molar-refractivity contribution >= 4 is 12.9 Å². The van der Waals surface area contributed by atoms with Crippen LogP contribution in [0.2, 0.25) is 0 Å². The molecule has 0 atom stereocenters. The van der Waals surface area contributed by atoms with Gasteiger partial charge in [0.15, 0.2) is 0 Å². The van der Waals surface area contributed by atoms with E-state index in [2.05, 4.69) is 0 Å². The van der Waals surface area contributed by atoms with Crippen molar-refractivity contribution < 1.29 is 18.3 Å². The molecule has 4 nitrogen and oxygen atoms in total. The van der Waals surface area contributed by atoms with Crippen molar-refractivity contribution in [1.29, 1.82) is 0 Å². The van der Waals surface area contributed by atoms with Crippen LogP contribution in [0, 0.1) is 0 Å². The Labute approximate surface area is 112 Å². The summed E-state index contributed by atoms with van der Waals surface area (Å²) in [6.45, 7) is 0. The number of hydrogen-bond donors (Lipinski definition) is 0. The zero-order valence-corrected chi connectivity index (χ0v) is 11.7. The molecule has 0 N–H and O–H groups in total. The molecule has 0 saturated carbocycles. The summed E-state index contributed by atoms with van der Waals surface area (Å²) >= 11 is 0. The highest BCUT2D eigenvalue weighted by atomic mass is 31.2. The number of benzene rings is 2. The van der Waals surface area contributed by atoms with Crippen LogP contribution >= 0.6 is 7.60 Å². The number of ether oxygens (including phenoxy) is 1. The third-order valence-corrected chi connectivity index (χ3v) is 4.53. The first-order chi connectivity index (χ1) is 9.19. The Balaban J connectivity index is 2.40. The van der Waals surface area contributed by atoms with E-state index in [-0.39, 0.29) is 0 Å². The fourth-order valence-electron chi connectivity index (χ4n) is 1.66. The Morgan fingerprint density at radius 2 is 1.42 bits per heavy atom. The van der Waals surface area contributed by atoms with E-state index < -0.39 is 7.60 Å². The van der Waals surface area contributed by atoms with E-state index >= 15 is 0 Å². The highest BCUT2D eigenvalue weighted by Gasteiger charge is 2.28. The van der Waals surface area contributed by atoms with Crippen molar-refractivity contribution in [3.8, 4) is 11.5 Å². The highest BCUT2D eigenvalue weighted by Crippen LogP contribution is 2.48. The third-order valence-electron chi connectivity index (χ3n) is 2.61. The lowest BCUT2D eigenvalue weighted by atomic mass is 10.3. The maximum Gasteiger partial charge on any atom is 0.364 e. The monoisotopic (exact) mass is 278 g/mol. The fourth-order valence-corrected chi connectivity index (χ4v) is 2.86. The van der Waals surface area contributed by atoms with Gasteiger partial charge in [0.25, 0.3) is 0 Å². The molecule has 0 fully saturated rings. The van der Waals surface area contributed by atoms with E-state index in [9.17, 15) is 4.57 Å². The van der Waals surface area contributed by atoms with Gasteiger partial charge in [0.2, 0.25) is 0 Å². The van der Waals surface area contributed by atoms with Crippen molar-refractivity contribution in [2.45, 2.75) is 0 Å². The maximum absolute atomic E-state index is 12.4. The average Bonchev–Trinajstić information content (AvgIpc) is 2.48. The zero-order valence-electron chi connectivity index (χ0n) is 10.8. The molecule has 0 aliphatic heterocycles. The quantitative estimate of drug-likeness (QED) is 0.784. The van der Waals surface area contributed by atoms with Gasteiger partial charge in [-0.15, -0.1) is 0 Å². The second-order valence-corrected chi connectivity index (χ2v) is 5.95. The van der Waals surface area contributed by atoms with Crippen molar-refractivity contribution in [3.05, 3.63) is 54.6 Å². The van der Waals surface area contributed by atoms with Crippen molar-refractivity contribution in [1.82, 2.24) is 0 Å². The largest absolute Gasteiger partial charge is 0.456 e. The summed E-state index contributed by atoms with van der Waals surface area (Å²) in [6, 6.07) is 16.2. The average molecular weight is 278 g/mol.